The summed E-state index contributed by atoms with van der Waals surface area (Å²) in [5.74, 6) is 0. The van der Waals surface area contributed by atoms with Crippen molar-refractivity contribution in [3.63, 3.8) is 0 Å². The van der Waals surface area contributed by atoms with Gasteiger partial charge >= 0.3 is 0 Å². The molecule has 0 saturated carbocycles. The molecule has 1 unspecified atom stereocenters. The van der Waals surface area contributed by atoms with Gasteiger partial charge in [-0.1, -0.05) is 17.7 Å². The fraction of sp³-hybridized carbons (Fsp3) is 0.571. The van der Waals surface area contributed by atoms with Crippen molar-refractivity contribution in [1.29, 1.82) is 0 Å². The Morgan fingerprint density at radius 2 is 2.18 bits per heavy atom. The smallest absolute Gasteiger partial charge is 0.0426 e. The Kier molecular flexibility index (Phi) is 3.64. The fourth-order valence-corrected chi connectivity index (χ4v) is 2.77. The molecule has 1 atom stereocenters. The number of rotatable bonds is 1. The van der Waals surface area contributed by atoms with Crippen LogP contribution in [0.3, 0.4) is 0 Å². The average Bonchev–Trinajstić information content (AvgIpc) is 2.36. The van der Waals surface area contributed by atoms with Crippen molar-refractivity contribution in [2.24, 2.45) is 0 Å². The quantitative estimate of drug-likeness (QED) is 0.825. The molecule has 0 amide bonds. The highest BCUT2D eigenvalue weighted by atomic mass is 35.5. The maximum atomic E-state index is 6.06. The van der Waals surface area contributed by atoms with Gasteiger partial charge in [0.2, 0.25) is 0 Å². The normalized spacial score (nSPS) is 24.5. The minimum absolute atomic E-state index is 0.137. The zero-order valence-electron chi connectivity index (χ0n) is 10.8. The molecule has 2 nitrogen and oxygen atoms in total. The molecule has 0 bridgehead atoms. The summed E-state index contributed by atoms with van der Waals surface area (Å²) in [5.41, 5.74) is 1.36. The Morgan fingerprint density at radius 3 is 2.88 bits per heavy atom. The van der Waals surface area contributed by atoms with Gasteiger partial charge in [-0.3, -0.25) is 0 Å². The molecule has 1 N–H and O–H groups in total. The van der Waals surface area contributed by atoms with Crippen LogP contribution in [0.25, 0.3) is 0 Å². The van der Waals surface area contributed by atoms with Gasteiger partial charge in [0.05, 0.1) is 0 Å². The van der Waals surface area contributed by atoms with Crippen LogP contribution in [0.15, 0.2) is 24.3 Å². The van der Waals surface area contributed by atoms with Gasteiger partial charge in [-0.2, -0.15) is 0 Å². The number of anilines is 1. The molecular formula is C14H21ClN2. The summed E-state index contributed by atoms with van der Waals surface area (Å²) in [6, 6.07) is 8.70. The molecule has 0 radical (unpaired) electrons. The summed E-state index contributed by atoms with van der Waals surface area (Å²) in [4.78, 5) is 2.42. The monoisotopic (exact) mass is 252 g/mol. The molecule has 1 aliphatic rings. The van der Waals surface area contributed by atoms with Gasteiger partial charge in [0.1, 0.15) is 0 Å². The predicted molar refractivity (Wildman–Crippen MR) is 75.0 cm³/mol. The molecule has 1 heterocycles. The van der Waals surface area contributed by atoms with Crippen molar-refractivity contribution >= 4 is 17.3 Å². The van der Waals surface area contributed by atoms with Crippen molar-refractivity contribution in [2.75, 3.05) is 18.0 Å². The second kappa shape index (κ2) is 4.87. The average molecular weight is 253 g/mol. The van der Waals surface area contributed by atoms with Crippen LogP contribution >= 0.6 is 11.6 Å². The third-order valence-electron chi connectivity index (χ3n) is 3.23. The number of hydrogen-bond acceptors (Lipinski definition) is 2. The zero-order valence-corrected chi connectivity index (χ0v) is 11.6. The third kappa shape index (κ3) is 3.36. The Balaban J connectivity index is 2.20. The lowest BCUT2D eigenvalue weighted by Crippen LogP contribution is -2.48. The molecule has 0 spiro atoms. The minimum atomic E-state index is 0.137. The summed E-state index contributed by atoms with van der Waals surface area (Å²) in [5, 5.41) is 4.47. The van der Waals surface area contributed by atoms with E-state index in [2.05, 4.69) is 37.1 Å². The second-order valence-corrected chi connectivity index (χ2v) is 6.06. The van der Waals surface area contributed by atoms with Gasteiger partial charge in [-0.15, -0.1) is 0 Å². The van der Waals surface area contributed by atoms with Gasteiger partial charge in [0.25, 0.3) is 0 Å². The number of halogens is 1. The van der Waals surface area contributed by atoms with E-state index in [1.165, 1.54) is 5.69 Å². The van der Waals surface area contributed by atoms with E-state index in [9.17, 15) is 0 Å². The van der Waals surface area contributed by atoms with Gasteiger partial charge < -0.3 is 10.2 Å². The van der Waals surface area contributed by atoms with Crippen LogP contribution in [0.4, 0.5) is 5.69 Å². The van der Waals surface area contributed by atoms with E-state index in [0.29, 0.717) is 6.04 Å². The number of hydrogen-bond donors (Lipinski definition) is 1. The minimum Gasteiger partial charge on any atom is -0.370 e. The van der Waals surface area contributed by atoms with Gasteiger partial charge in [-0.25, -0.2) is 0 Å². The fourth-order valence-electron chi connectivity index (χ4n) is 2.58. The van der Waals surface area contributed by atoms with Crippen molar-refractivity contribution in [3.05, 3.63) is 29.3 Å². The summed E-state index contributed by atoms with van der Waals surface area (Å²) in [6.07, 6.45) is 1.16. The van der Waals surface area contributed by atoms with E-state index >= 15 is 0 Å². The molecule has 1 saturated heterocycles. The lowest BCUT2D eigenvalue weighted by molar-refractivity contribution is 0.368. The molecule has 0 aromatic heterocycles. The first-order valence-corrected chi connectivity index (χ1v) is 6.62. The standard InChI is InChI=1S/C14H21ClN2/c1-11-7-8-17(10-14(2,3)16-11)13-6-4-5-12(15)9-13/h4-6,9,11,16H,7-8,10H2,1-3H3. The molecule has 3 heteroatoms. The number of nitrogens with zero attached hydrogens (tertiary/aromatic N) is 1. The van der Waals surface area contributed by atoms with E-state index in [4.69, 9.17) is 11.6 Å². The number of benzene rings is 1. The predicted octanol–water partition coefficient (Wildman–Crippen LogP) is 3.31. The highest BCUT2D eigenvalue weighted by Gasteiger charge is 2.27. The summed E-state index contributed by atoms with van der Waals surface area (Å²) >= 11 is 6.06. The van der Waals surface area contributed by atoms with Gasteiger partial charge in [0.15, 0.2) is 0 Å². The van der Waals surface area contributed by atoms with E-state index in [1.807, 2.05) is 18.2 Å². The summed E-state index contributed by atoms with van der Waals surface area (Å²) < 4.78 is 0. The van der Waals surface area contributed by atoms with Crippen LogP contribution in [-0.4, -0.2) is 24.7 Å². The van der Waals surface area contributed by atoms with Crippen LogP contribution in [-0.2, 0) is 0 Å². The number of nitrogens with one attached hydrogen (secondary N) is 1. The maximum absolute atomic E-state index is 6.06. The third-order valence-corrected chi connectivity index (χ3v) is 3.46. The lowest BCUT2D eigenvalue weighted by Gasteiger charge is -2.32. The van der Waals surface area contributed by atoms with Crippen LogP contribution in [0.1, 0.15) is 27.2 Å². The van der Waals surface area contributed by atoms with Crippen molar-refractivity contribution in [1.82, 2.24) is 5.32 Å². The molecule has 1 fully saturated rings. The first kappa shape index (κ1) is 12.7. The topological polar surface area (TPSA) is 15.3 Å². The van der Waals surface area contributed by atoms with E-state index in [0.717, 1.165) is 24.5 Å². The maximum Gasteiger partial charge on any atom is 0.0426 e. The molecule has 1 aromatic carbocycles. The molecule has 2 rings (SSSR count). The van der Waals surface area contributed by atoms with E-state index in [-0.39, 0.29) is 5.54 Å². The molecule has 1 aliphatic heterocycles. The van der Waals surface area contributed by atoms with Crippen LogP contribution in [0.5, 0.6) is 0 Å². The molecule has 17 heavy (non-hydrogen) atoms. The Labute approximate surface area is 109 Å². The molecular weight excluding hydrogens is 232 g/mol. The highest BCUT2D eigenvalue weighted by Crippen LogP contribution is 2.24. The summed E-state index contributed by atoms with van der Waals surface area (Å²) in [7, 11) is 0. The van der Waals surface area contributed by atoms with Crippen molar-refractivity contribution in [3.8, 4) is 0 Å². The Morgan fingerprint density at radius 1 is 1.41 bits per heavy atom. The van der Waals surface area contributed by atoms with Crippen LogP contribution in [0.2, 0.25) is 5.02 Å². The zero-order chi connectivity index (χ0) is 12.5. The highest BCUT2D eigenvalue weighted by molar-refractivity contribution is 6.30. The Bertz CT molecular complexity index is 390. The van der Waals surface area contributed by atoms with E-state index < -0.39 is 0 Å². The first-order chi connectivity index (χ1) is 7.96. The first-order valence-electron chi connectivity index (χ1n) is 6.24. The molecule has 1 aromatic rings. The van der Waals surface area contributed by atoms with Crippen molar-refractivity contribution in [2.45, 2.75) is 38.8 Å². The van der Waals surface area contributed by atoms with Gasteiger partial charge in [0, 0.05) is 35.4 Å². The lowest BCUT2D eigenvalue weighted by atomic mass is 10.0. The molecule has 0 aliphatic carbocycles. The van der Waals surface area contributed by atoms with Crippen LogP contribution in [0, 0.1) is 0 Å². The Hall–Kier alpha value is -0.730. The second-order valence-electron chi connectivity index (χ2n) is 5.62. The SMILES string of the molecule is CC1CCN(c2cccc(Cl)c2)CC(C)(C)N1. The van der Waals surface area contributed by atoms with Crippen LogP contribution < -0.4 is 10.2 Å². The molecule has 94 valence electrons. The van der Waals surface area contributed by atoms with E-state index in [1.54, 1.807) is 0 Å². The van der Waals surface area contributed by atoms with Crippen molar-refractivity contribution < 1.29 is 0 Å². The summed E-state index contributed by atoms with van der Waals surface area (Å²) in [6.45, 7) is 8.86. The largest absolute Gasteiger partial charge is 0.370 e. The van der Waals surface area contributed by atoms with Gasteiger partial charge in [-0.05, 0) is 45.4 Å².